The number of hydrogen-bond donors (Lipinski definition) is 1. The number of hydrogen-bond acceptors (Lipinski definition) is 4. The summed E-state index contributed by atoms with van der Waals surface area (Å²) in [7, 11) is -3.73. The topological polar surface area (TPSA) is 87.6 Å². The van der Waals surface area contributed by atoms with E-state index >= 15 is 0 Å². The molecule has 0 aromatic carbocycles. The summed E-state index contributed by atoms with van der Waals surface area (Å²) >= 11 is 0. The Morgan fingerprint density at radius 3 is 2.56 bits per heavy atom. The molecule has 1 aliphatic heterocycles. The van der Waals surface area contributed by atoms with Crippen LogP contribution in [0, 0.1) is 0 Å². The Labute approximate surface area is 105 Å². The van der Waals surface area contributed by atoms with E-state index in [0.29, 0.717) is 13.1 Å². The molecule has 0 saturated carbocycles. The second-order valence-electron chi connectivity index (χ2n) is 4.14. The summed E-state index contributed by atoms with van der Waals surface area (Å²) in [5.74, 6) is -1.28. The number of aromatic nitrogens is 1. The van der Waals surface area contributed by atoms with E-state index in [1.807, 2.05) is 0 Å². The maximum atomic E-state index is 12.3. The minimum atomic E-state index is -3.73. The van der Waals surface area contributed by atoms with Crippen molar-refractivity contribution in [3.05, 3.63) is 24.0 Å². The molecule has 7 heteroatoms. The molecule has 1 aliphatic rings. The minimum Gasteiger partial charge on any atom is -0.478 e. The molecule has 0 amide bonds. The lowest BCUT2D eigenvalue weighted by Gasteiger charge is -2.26. The normalized spacial score (nSPS) is 17.6. The summed E-state index contributed by atoms with van der Waals surface area (Å²) < 4.78 is 26.0. The van der Waals surface area contributed by atoms with Gasteiger partial charge in [0.2, 0.25) is 10.0 Å². The number of carboxylic acids is 1. The first-order valence-corrected chi connectivity index (χ1v) is 7.15. The van der Waals surface area contributed by atoms with Gasteiger partial charge in [0.25, 0.3) is 0 Å². The molecule has 0 unspecified atom stereocenters. The van der Waals surface area contributed by atoms with Crippen LogP contribution < -0.4 is 0 Å². The summed E-state index contributed by atoms with van der Waals surface area (Å²) in [4.78, 5) is 14.5. The van der Waals surface area contributed by atoms with E-state index in [2.05, 4.69) is 4.98 Å². The lowest BCUT2D eigenvalue weighted by molar-refractivity contribution is 0.0692. The Morgan fingerprint density at radius 2 is 1.94 bits per heavy atom. The third-order valence-corrected chi connectivity index (χ3v) is 4.90. The van der Waals surface area contributed by atoms with Gasteiger partial charge in [0.15, 0.2) is 0 Å². The van der Waals surface area contributed by atoms with E-state index in [-0.39, 0.29) is 10.5 Å². The maximum absolute atomic E-state index is 12.3. The molecule has 0 atom stereocenters. The van der Waals surface area contributed by atoms with Crippen molar-refractivity contribution in [1.82, 2.24) is 9.29 Å². The SMILES string of the molecule is O=C(O)c1cnccc1S(=O)(=O)N1CCCCC1. The molecule has 98 valence electrons. The van der Waals surface area contributed by atoms with Crippen LogP contribution in [0.15, 0.2) is 23.4 Å². The fraction of sp³-hybridized carbons (Fsp3) is 0.455. The second-order valence-corrected chi connectivity index (χ2v) is 6.05. The summed E-state index contributed by atoms with van der Waals surface area (Å²) in [5, 5.41) is 9.00. The number of carbonyl (C=O) groups is 1. The second kappa shape index (κ2) is 5.03. The van der Waals surface area contributed by atoms with E-state index in [9.17, 15) is 13.2 Å². The van der Waals surface area contributed by atoms with Gasteiger partial charge < -0.3 is 5.11 Å². The van der Waals surface area contributed by atoms with Gasteiger partial charge in [0.1, 0.15) is 0 Å². The predicted molar refractivity (Wildman–Crippen MR) is 63.8 cm³/mol. The summed E-state index contributed by atoms with van der Waals surface area (Å²) in [6.45, 7) is 0.896. The molecule has 0 bridgehead atoms. The molecule has 1 fully saturated rings. The lowest BCUT2D eigenvalue weighted by atomic mass is 10.2. The van der Waals surface area contributed by atoms with Crippen molar-refractivity contribution in [1.29, 1.82) is 0 Å². The number of aromatic carboxylic acids is 1. The molecule has 1 saturated heterocycles. The molecule has 1 N–H and O–H groups in total. The molecule has 0 aliphatic carbocycles. The zero-order valence-electron chi connectivity index (χ0n) is 9.74. The van der Waals surface area contributed by atoms with Gasteiger partial charge in [0.05, 0.1) is 10.5 Å². The van der Waals surface area contributed by atoms with Crippen LogP contribution in [0.5, 0.6) is 0 Å². The molecule has 1 aromatic rings. The molecule has 0 radical (unpaired) electrons. The monoisotopic (exact) mass is 270 g/mol. The Morgan fingerprint density at radius 1 is 1.28 bits per heavy atom. The van der Waals surface area contributed by atoms with Crippen LogP contribution >= 0.6 is 0 Å². The maximum Gasteiger partial charge on any atom is 0.338 e. The first-order chi connectivity index (χ1) is 8.53. The van der Waals surface area contributed by atoms with Crippen LogP contribution in [0.4, 0.5) is 0 Å². The third kappa shape index (κ3) is 2.37. The van der Waals surface area contributed by atoms with Crippen molar-refractivity contribution >= 4 is 16.0 Å². The Hall–Kier alpha value is -1.47. The number of pyridine rings is 1. The van der Waals surface area contributed by atoms with Gasteiger partial charge in [-0.05, 0) is 18.9 Å². The largest absolute Gasteiger partial charge is 0.478 e. The quantitative estimate of drug-likeness (QED) is 0.883. The zero-order valence-corrected chi connectivity index (χ0v) is 10.6. The van der Waals surface area contributed by atoms with Crippen LogP contribution in [-0.4, -0.2) is 41.9 Å². The highest BCUT2D eigenvalue weighted by Crippen LogP contribution is 2.22. The van der Waals surface area contributed by atoms with Gasteiger partial charge in [-0.25, -0.2) is 13.2 Å². The fourth-order valence-corrected chi connectivity index (χ4v) is 3.68. The number of carboxylic acid groups (broad SMARTS) is 1. The van der Waals surface area contributed by atoms with Crippen LogP contribution in [0.3, 0.4) is 0 Å². The van der Waals surface area contributed by atoms with E-state index in [1.165, 1.54) is 16.6 Å². The first-order valence-electron chi connectivity index (χ1n) is 5.71. The van der Waals surface area contributed by atoms with Gasteiger partial charge in [-0.3, -0.25) is 4.98 Å². The van der Waals surface area contributed by atoms with Gasteiger partial charge in [-0.15, -0.1) is 0 Å². The van der Waals surface area contributed by atoms with E-state index < -0.39 is 16.0 Å². The molecule has 2 heterocycles. The van der Waals surface area contributed by atoms with Gasteiger partial charge >= 0.3 is 5.97 Å². The Kier molecular flexibility index (Phi) is 3.63. The summed E-state index contributed by atoms with van der Waals surface area (Å²) in [6, 6.07) is 1.24. The molecular weight excluding hydrogens is 256 g/mol. The highest BCUT2D eigenvalue weighted by Gasteiger charge is 2.29. The standard InChI is InChI=1S/C11H14N2O4S/c14-11(15)9-8-12-5-4-10(9)18(16,17)13-6-2-1-3-7-13/h4-5,8H,1-3,6-7H2,(H,14,15). The van der Waals surface area contributed by atoms with Crippen LogP contribution in [0.1, 0.15) is 29.6 Å². The highest BCUT2D eigenvalue weighted by atomic mass is 32.2. The average Bonchev–Trinajstić information content (AvgIpc) is 2.39. The predicted octanol–water partition coefficient (Wildman–Crippen LogP) is 0.954. The molecule has 2 rings (SSSR count). The van der Waals surface area contributed by atoms with Crippen molar-refractivity contribution in [2.75, 3.05) is 13.1 Å². The van der Waals surface area contributed by atoms with Gasteiger partial charge in [0, 0.05) is 25.5 Å². The van der Waals surface area contributed by atoms with Crippen LogP contribution in [-0.2, 0) is 10.0 Å². The average molecular weight is 270 g/mol. The Balaban J connectivity index is 2.43. The third-order valence-electron chi connectivity index (χ3n) is 2.94. The number of rotatable bonds is 3. The van der Waals surface area contributed by atoms with Crippen molar-refractivity contribution in [3.63, 3.8) is 0 Å². The lowest BCUT2D eigenvalue weighted by Crippen LogP contribution is -2.36. The van der Waals surface area contributed by atoms with E-state index in [1.54, 1.807) is 0 Å². The minimum absolute atomic E-state index is 0.174. The highest BCUT2D eigenvalue weighted by molar-refractivity contribution is 7.89. The van der Waals surface area contributed by atoms with E-state index in [4.69, 9.17) is 5.11 Å². The van der Waals surface area contributed by atoms with Crippen molar-refractivity contribution in [3.8, 4) is 0 Å². The molecule has 0 spiro atoms. The van der Waals surface area contributed by atoms with Crippen molar-refractivity contribution in [2.45, 2.75) is 24.2 Å². The summed E-state index contributed by atoms with van der Waals surface area (Å²) in [6.07, 6.45) is 5.00. The zero-order chi connectivity index (χ0) is 13.2. The number of nitrogens with zero attached hydrogens (tertiary/aromatic N) is 2. The van der Waals surface area contributed by atoms with Gasteiger partial charge in [-0.2, -0.15) is 4.31 Å². The fourth-order valence-electron chi connectivity index (χ4n) is 2.01. The summed E-state index contributed by atoms with van der Waals surface area (Å²) in [5.41, 5.74) is -0.275. The van der Waals surface area contributed by atoms with Crippen LogP contribution in [0.2, 0.25) is 0 Å². The molecule has 1 aromatic heterocycles. The first kappa shape index (κ1) is 13.0. The van der Waals surface area contributed by atoms with Crippen molar-refractivity contribution in [2.24, 2.45) is 0 Å². The smallest absolute Gasteiger partial charge is 0.338 e. The van der Waals surface area contributed by atoms with Crippen molar-refractivity contribution < 1.29 is 18.3 Å². The van der Waals surface area contributed by atoms with Crippen LogP contribution in [0.25, 0.3) is 0 Å². The molecular formula is C11H14N2O4S. The Bertz CT molecular complexity index is 550. The number of sulfonamides is 1. The van der Waals surface area contributed by atoms with Gasteiger partial charge in [-0.1, -0.05) is 6.42 Å². The van der Waals surface area contributed by atoms with E-state index in [0.717, 1.165) is 25.5 Å². The molecule has 6 nitrogen and oxygen atoms in total. The number of piperidine rings is 1. The molecule has 18 heavy (non-hydrogen) atoms.